The van der Waals surface area contributed by atoms with Gasteiger partial charge in [0.1, 0.15) is 30.3 Å². The Morgan fingerprint density at radius 2 is 1.58 bits per heavy atom. The highest BCUT2D eigenvalue weighted by molar-refractivity contribution is 9.10. The number of nitrogens with zero attached hydrogens (tertiary/aromatic N) is 7. The molecule has 3 saturated heterocycles. The first-order valence-electron chi connectivity index (χ1n) is 22.4. The van der Waals surface area contributed by atoms with Crippen LogP contribution in [0.3, 0.4) is 0 Å². The van der Waals surface area contributed by atoms with Crippen molar-refractivity contribution in [2.24, 2.45) is 0 Å². The van der Waals surface area contributed by atoms with Gasteiger partial charge in [0.05, 0.1) is 33.8 Å². The van der Waals surface area contributed by atoms with E-state index in [1.165, 1.54) is 29.7 Å². The Balaban J connectivity index is 0.777. The molecule has 5 aromatic rings. The van der Waals surface area contributed by atoms with Gasteiger partial charge >= 0.3 is 0 Å². The maximum Gasteiger partial charge on any atom is 0.249 e. The number of nitrogens with one attached hydrogen (secondary N) is 4. The highest BCUT2D eigenvalue weighted by Gasteiger charge is 2.37. The van der Waals surface area contributed by atoms with Crippen LogP contribution in [0.15, 0.2) is 71.6 Å². The largest absolute Gasteiger partial charge is 0.494 e. The zero-order valence-electron chi connectivity index (χ0n) is 36.9. The van der Waals surface area contributed by atoms with Gasteiger partial charge in [-0.15, -0.1) is 0 Å². The summed E-state index contributed by atoms with van der Waals surface area (Å²) in [7, 11) is -1.07. The maximum absolute atomic E-state index is 13.5. The molecule has 1 atom stereocenters. The van der Waals surface area contributed by atoms with Crippen LogP contribution in [0.1, 0.15) is 62.5 Å². The average molecular weight is 951 g/mol. The zero-order chi connectivity index (χ0) is 44.5. The van der Waals surface area contributed by atoms with Gasteiger partial charge in [0.15, 0.2) is 0 Å². The van der Waals surface area contributed by atoms with Crippen molar-refractivity contribution in [3.05, 3.63) is 82.7 Å². The number of piperazine rings is 1. The molecule has 5 heterocycles. The summed E-state index contributed by atoms with van der Waals surface area (Å²) in [6.45, 7) is 12.1. The van der Waals surface area contributed by atoms with Gasteiger partial charge in [-0.25, -0.2) is 4.98 Å². The fourth-order valence-electron chi connectivity index (χ4n) is 9.87. The van der Waals surface area contributed by atoms with E-state index >= 15 is 0 Å². The lowest BCUT2D eigenvalue weighted by atomic mass is 9.75. The second-order valence-electron chi connectivity index (χ2n) is 17.8. The molecule has 1 unspecified atom stereocenters. The van der Waals surface area contributed by atoms with Gasteiger partial charge in [-0.05, 0) is 115 Å². The molecule has 2 amide bonds. The number of piperidine rings is 2. The molecular formula is C47H57BrN11O4P. The molecule has 9 rings (SSSR count). The topological polar surface area (TPSA) is 170 Å². The molecule has 3 aliphatic heterocycles. The highest BCUT2D eigenvalue weighted by Crippen LogP contribution is 2.43. The maximum atomic E-state index is 13.5. The normalized spacial score (nSPS) is 21.3. The number of halogens is 1. The van der Waals surface area contributed by atoms with E-state index in [0.29, 0.717) is 69.1 Å². The molecule has 0 spiro atoms. The molecule has 1 saturated carbocycles. The number of fused-ring (bicyclic) bond motifs is 1. The first-order valence-corrected chi connectivity index (χ1v) is 25.8. The van der Waals surface area contributed by atoms with E-state index in [0.717, 1.165) is 75.7 Å². The molecule has 336 valence electrons. The molecule has 15 nitrogen and oxygen atoms in total. The number of hydrogen-bond acceptors (Lipinski definition) is 14. The Morgan fingerprint density at radius 1 is 0.859 bits per heavy atom. The number of benzene rings is 3. The number of aromatic nitrogens is 4. The molecule has 17 heteroatoms. The number of amides is 2. The predicted molar refractivity (Wildman–Crippen MR) is 258 cm³/mol. The van der Waals surface area contributed by atoms with E-state index in [2.05, 4.69) is 110 Å². The molecule has 2 aromatic heterocycles. The van der Waals surface area contributed by atoms with Crippen LogP contribution in [0, 0.1) is 0 Å². The summed E-state index contributed by atoms with van der Waals surface area (Å²) in [5.74, 6) is 1.76. The first kappa shape index (κ1) is 44.1. The molecule has 4 fully saturated rings. The lowest BCUT2D eigenvalue weighted by Crippen LogP contribution is -2.57. The van der Waals surface area contributed by atoms with Crippen LogP contribution in [0.25, 0.3) is 11.0 Å². The van der Waals surface area contributed by atoms with Crippen LogP contribution in [0.2, 0.25) is 0 Å². The third-order valence-electron chi connectivity index (χ3n) is 13.4. The van der Waals surface area contributed by atoms with E-state index in [1.54, 1.807) is 39.0 Å². The minimum atomic E-state index is -2.77. The van der Waals surface area contributed by atoms with Crippen molar-refractivity contribution >= 4 is 85.7 Å². The van der Waals surface area contributed by atoms with Gasteiger partial charge in [0.2, 0.25) is 17.8 Å². The smallest absolute Gasteiger partial charge is 0.249 e. The molecule has 4 N–H and O–H groups in total. The van der Waals surface area contributed by atoms with Gasteiger partial charge in [0.25, 0.3) is 0 Å². The van der Waals surface area contributed by atoms with Crippen LogP contribution in [0.4, 0.5) is 34.5 Å². The molecule has 0 radical (unpaired) electrons. The second kappa shape index (κ2) is 18.8. The Kier molecular flexibility index (Phi) is 12.9. The summed E-state index contributed by atoms with van der Waals surface area (Å²) in [6, 6.07) is 17.4. The van der Waals surface area contributed by atoms with Crippen molar-refractivity contribution in [1.29, 1.82) is 0 Å². The van der Waals surface area contributed by atoms with Crippen LogP contribution in [0.5, 0.6) is 5.75 Å². The van der Waals surface area contributed by atoms with Crippen molar-refractivity contribution < 1.29 is 18.9 Å². The van der Waals surface area contributed by atoms with E-state index in [1.807, 2.05) is 12.1 Å². The number of methoxy groups -OCH3 is 1. The highest BCUT2D eigenvalue weighted by atomic mass is 79.9. The zero-order valence-corrected chi connectivity index (χ0v) is 39.4. The molecule has 4 aliphatic rings. The van der Waals surface area contributed by atoms with Gasteiger partial charge in [-0.3, -0.25) is 34.7 Å². The molecular weight excluding hydrogens is 893 g/mol. The van der Waals surface area contributed by atoms with Crippen molar-refractivity contribution in [1.82, 2.24) is 35.1 Å². The Bertz CT molecular complexity index is 2570. The number of aryl methyl sites for hydroxylation is 1. The summed E-state index contributed by atoms with van der Waals surface area (Å²) in [5, 5.41) is 13.1. The minimum Gasteiger partial charge on any atom is -0.494 e. The fraction of sp³-hybridized carbons (Fsp3) is 0.447. The summed E-state index contributed by atoms with van der Waals surface area (Å²) in [6.07, 6.45) is 11.3. The third kappa shape index (κ3) is 9.47. The standard InChI is InChI=1S/C47H57BrN11O4P/c1-5-29-26-39(54-47-51-28-35(48)45(56-47)53-37-11-10-36-43(50-17-16-49-36)44(37)64(3,4)62)41(63-2)27-40(29)59-18-14-33(15-19-59)57-20-22-58(23-21-57)34-24-31(25-34)30-6-8-32(9-7-30)52-38-12-13-42(60)55-46(38)61/h6-11,16-17,26-28,31,33-34,38,52H,5,12-15,18-25H2,1-4H3,(H,55,60,61)(H2,51,53,54,56). The molecule has 0 bridgehead atoms. The van der Waals surface area contributed by atoms with Gasteiger partial charge in [0, 0.05) is 93.8 Å². The Hall–Kier alpha value is -5.15. The number of hydrogen-bond donors (Lipinski definition) is 4. The molecule has 1 aliphatic carbocycles. The summed E-state index contributed by atoms with van der Waals surface area (Å²) in [5.41, 5.74) is 7.45. The number of anilines is 6. The van der Waals surface area contributed by atoms with Crippen LogP contribution in [-0.4, -0.2) is 119 Å². The fourth-order valence-corrected chi connectivity index (χ4v) is 11.6. The van der Waals surface area contributed by atoms with E-state index in [9.17, 15) is 14.2 Å². The van der Waals surface area contributed by atoms with E-state index < -0.39 is 7.14 Å². The van der Waals surface area contributed by atoms with Crippen molar-refractivity contribution in [3.63, 3.8) is 0 Å². The first-order chi connectivity index (χ1) is 30.9. The number of imide groups is 1. The van der Waals surface area contributed by atoms with Crippen LogP contribution >= 0.6 is 23.1 Å². The number of ether oxygens (including phenoxy) is 1. The van der Waals surface area contributed by atoms with Crippen molar-refractivity contribution in [2.75, 3.05) is 80.6 Å². The molecule has 64 heavy (non-hydrogen) atoms. The monoisotopic (exact) mass is 949 g/mol. The summed E-state index contributed by atoms with van der Waals surface area (Å²) < 4.78 is 20.2. The lowest BCUT2D eigenvalue weighted by Gasteiger charge is -2.49. The van der Waals surface area contributed by atoms with Crippen LogP contribution in [-0.2, 0) is 20.6 Å². The summed E-state index contributed by atoms with van der Waals surface area (Å²) in [4.78, 5) is 49.9. The van der Waals surface area contributed by atoms with Crippen molar-refractivity contribution in [2.45, 2.75) is 75.9 Å². The lowest BCUT2D eigenvalue weighted by molar-refractivity contribution is -0.133. The molecule has 3 aromatic carbocycles. The average Bonchev–Trinajstić information content (AvgIpc) is 3.28. The van der Waals surface area contributed by atoms with E-state index in [-0.39, 0.29) is 17.9 Å². The van der Waals surface area contributed by atoms with Crippen LogP contribution < -0.4 is 36.2 Å². The number of rotatable bonds is 13. The second-order valence-corrected chi connectivity index (χ2v) is 21.8. The Labute approximate surface area is 383 Å². The van der Waals surface area contributed by atoms with E-state index in [4.69, 9.17) is 9.72 Å². The van der Waals surface area contributed by atoms with Gasteiger partial charge < -0.3 is 30.2 Å². The number of carbonyl (C=O) groups is 2. The van der Waals surface area contributed by atoms with Gasteiger partial charge in [-0.2, -0.15) is 4.98 Å². The van der Waals surface area contributed by atoms with Crippen molar-refractivity contribution in [3.8, 4) is 5.75 Å². The SMILES string of the molecule is CCc1cc(Nc2ncc(Br)c(Nc3ccc4nccnc4c3P(C)(C)=O)n2)c(OC)cc1N1CCC(N2CCN(C3CC(c4ccc(NC5CCC(=O)NC5=O)cc4)C3)CC2)CC1. The van der Waals surface area contributed by atoms with Gasteiger partial charge in [-0.1, -0.05) is 19.1 Å². The summed E-state index contributed by atoms with van der Waals surface area (Å²) >= 11 is 3.61. The predicted octanol–water partition coefficient (Wildman–Crippen LogP) is 7.24. The quantitative estimate of drug-likeness (QED) is 0.0689. The minimum absolute atomic E-state index is 0.195. The third-order valence-corrected chi connectivity index (χ3v) is 15.5. The Morgan fingerprint density at radius 3 is 2.27 bits per heavy atom. The number of carbonyl (C=O) groups excluding carboxylic acids is 2.